The summed E-state index contributed by atoms with van der Waals surface area (Å²) < 4.78 is 21.5. The third-order valence-electron chi connectivity index (χ3n) is 13.9. The molecule has 6 aliphatic rings. The zero-order valence-electron chi connectivity index (χ0n) is 29.2. The summed E-state index contributed by atoms with van der Waals surface area (Å²) in [6.07, 6.45) is 8.90. The molecule has 6 saturated heterocycles. The Kier molecular flexibility index (Phi) is 10.7. The number of methoxy groups -OCH3 is 1. The number of alkyl halides is 1. The number of hydrogen-bond acceptors (Lipinski definition) is 8. The van der Waals surface area contributed by atoms with Crippen LogP contribution in [0.15, 0.2) is 0 Å². The van der Waals surface area contributed by atoms with Crippen molar-refractivity contribution in [3.63, 3.8) is 0 Å². The topological polar surface area (TPSA) is 31.9 Å². The third kappa shape index (κ3) is 6.78. The summed E-state index contributed by atoms with van der Waals surface area (Å²) in [6, 6.07) is 2.26. The number of ether oxygens (including phenoxy) is 1. The van der Waals surface area contributed by atoms with Crippen LogP contribution < -0.4 is 0 Å². The molecule has 44 heavy (non-hydrogen) atoms. The highest BCUT2D eigenvalue weighted by Crippen LogP contribution is 2.53. The largest absolute Gasteiger partial charge is 0.383 e. The minimum atomic E-state index is -0.695. The number of halogens is 1. The summed E-state index contributed by atoms with van der Waals surface area (Å²) in [5.41, 5.74) is 0.229. The number of piperazine rings is 1. The van der Waals surface area contributed by atoms with E-state index in [4.69, 9.17) is 4.74 Å². The summed E-state index contributed by atoms with van der Waals surface area (Å²) in [4.78, 5) is 18.5. The summed E-state index contributed by atoms with van der Waals surface area (Å²) >= 11 is 0. The summed E-state index contributed by atoms with van der Waals surface area (Å²) in [5, 5.41) is 0. The molecule has 0 aromatic heterocycles. The number of rotatable bonds is 6. The van der Waals surface area contributed by atoms with Gasteiger partial charge in [-0.2, -0.15) is 0 Å². The monoisotopic (exact) mass is 620 g/mol. The molecule has 6 fully saturated rings. The van der Waals surface area contributed by atoms with Crippen molar-refractivity contribution in [3.05, 3.63) is 0 Å². The Balaban J connectivity index is 1.28. The standard InChI is InChI=1S/C35H66FN7O/c1-37-13-7-28(8-14-37)43-20-19-42(21-22-44-6)26-32(43)29-25-41(5)31(23-34(29)9-15-38(2)16-10-34)30-24-35(12-18-40(30)4)11-17-39(3)27-33(35)36/h28-33H,7-27H2,1-6H3. The van der Waals surface area contributed by atoms with Crippen molar-refractivity contribution < 1.29 is 9.13 Å². The number of hydrogen-bond donors (Lipinski definition) is 0. The molecule has 9 heteroatoms. The first kappa shape index (κ1) is 33.5. The maximum Gasteiger partial charge on any atom is 0.118 e. The molecule has 0 aromatic rings. The Morgan fingerprint density at radius 2 is 1.25 bits per heavy atom. The molecule has 254 valence electrons. The molecule has 0 aromatic carbocycles. The van der Waals surface area contributed by atoms with E-state index >= 15 is 4.39 Å². The highest BCUT2D eigenvalue weighted by atomic mass is 19.1. The lowest BCUT2D eigenvalue weighted by Gasteiger charge is -2.62. The third-order valence-corrected chi connectivity index (χ3v) is 13.9. The lowest BCUT2D eigenvalue weighted by molar-refractivity contribution is -0.126. The van der Waals surface area contributed by atoms with Crippen LogP contribution in [0, 0.1) is 16.7 Å². The molecule has 0 N–H and O–H groups in total. The van der Waals surface area contributed by atoms with E-state index < -0.39 is 6.17 Å². The van der Waals surface area contributed by atoms with Gasteiger partial charge >= 0.3 is 0 Å². The highest BCUT2D eigenvalue weighted by Gasteiger charge is 2.56. The van der Waals surface area contributed by atoms with E-state index in [2.05, 4.69) is 69.5 Å². The second-order valence-electron chi connectivity index (χ2n) is 16.5. The number of nitrogens with zero attached hydrogens (tertiary/aromatic N) is 7. The first-order chi connectivity index (χ1) is 21.1. The maximum absolute atomic E-state index is 15.9. The fourth-order valence-corrected chi connectivity index (χ4v) is 10.7. The van der Waals surface area contributed by atoms with Gasteiger partial charge in [-0.05, 0) is 137 Å². The Bertz CT molecular complexity index is 923. The molecular weight excluding hydrogens is 553 g/mol. The van der Waals surface area contributed by atoms with Crippen LogP contribution in [0.1, 0.15) is 51.4 Å². The van der Waals surface area contributed by atoms with E-state index in [1.807, 2.05) is 7.11 Å². The molecule has 6 unspecified atom stereocenters. The fourth-order valence-electron chi connectivity index (χ4n) is 10.7. The molecule has 0 saturated carbocycles. The van der Waals surface area contributed by atoms with Gasteiger partial charge in [0.2, 0.25) is 0 Å². The lowest BCUT2D eigenvalue weighted by Crippen LogP contribution is -2.69. The first-order valence-electron chi connectivity index (χ1n) is 18.2. The maximum atomic E-state index is 15.9. The van der Waals surface area contributed by atoms with Crippen molar-refractivity contribution in [3.8, 4) is 0 Å². The molecule has 6 aliphatic heterocycles. The van der Waals surface area contributed by atoms with Crippen LogP contribution in [-0.4, -0.2) is 192 Å². The van der Waals surface area contributed by atoms with Gasteiger partial charge in [-0.3, -0.25) is 9.80 Å². The molecule has 6 rings (SSSR count). The van der Waals surface area contributed by atoms with Gasteiger partial charge in [-0.1, -0.05) is 0 Å². The lowest BCUT2D eigenvalue weighted by atomic mass is 9.58. The van der Waals surface area contributed by atoms with Crippen LogP contribution in [-0.2, 0) is 4.74 Å². The SMILES string of the molecule is COCCN1CCN(C2CCN(C)CC2)C(C2CN(C)C(C3CC4(CCN(C)CC4F)CCN3C)CC23CCN(C)CC3)C1. The van der Waals surface area contributed by atoms with Crippen molar-refractivity contribution in [2.75, 3.05) is 127 Å². The number of piperidine rings is 5. The van der Waals surface area contributed by atoms with Crippen LogP contribution in [0.25, 0.3) is 0 Å². The van der Waals surface area contributed by atoms with Gasteiger partial charge in [0, 0.05) is 76.0 Å². The molecule has 0 amide bonds. The van der Waals surface area contributed by atoms with Crippen LogP contribution in [0.5, 0.6) is 0 Å². The predicted octanol–water partition coefficient (Wildman–Crippen LogP) is 2.50. The van der Waals surface area contributed by atoms with Crippen molar-refractivity contribution in [1.29, 1.82) is 0 Å². The predicted molar refractivity (Wildman–Crippen MR) is 178 cm³/mol. The van der Waals surface area contributed by atoms with Gasteiger partial charge < -0.3 is 29.2 Å². The Hall–Kier alpha value is -0.390. The van der Waals surface area contributed by atoms with Gasteiger partial charge in [0.25, 0.3) is 0 Å². The van der Waals surface area contributed by atoms with Gasteiger partial charge in [0.15, 0.2) is 0 Å². The smallest absolute Gasteiger partial charge is 0.118 e. The van der Waals surface area contributed by atoms with E-state index in [1.165, 1.54) is 84.5 Å². The summed E-state index contributed by atoms with van der Waals surface area (Å²) in [5.74, 6) is 0.669. The van der Waals surface area contributed by atoms with Crippen LogP contribution in [0.2, 0.25) is 0 Å². The van der Waals surface area contributed by atoms with E-state index in [-0.39, 0.29) is 5.41 Å². The molecule has 2 spiro atoms. The van der Waals surface area contributed by atoms with Gasteiger partial charge in [0.1, 0.15) is 6.17 Å². The zero-order valence-corrected chi connectivity index (χ0v) is 29.2. The number of likely N-dealkylation sites (N-methyl/N-ethyl adjacent to an activating group) is 2. The van der Waals surface area contributed by atoms with Crippen molar-refractivity contribution in [1.82, 2.24) is 34.3 Å². The van der Waals surface area contributed by atoms with E-state index in [1.54, 1.807) is 0 Å². The van der Waals surface area contributed by atoms with Crippen molar-refractivity contribution >= 4 is 0 Å². The van der Waals surface area contributed by atoms with Crippen LogP contribution >= 0.6 is 0 Å². The molecular formula is C35H66FN7O. The second-order valence-corrected chi connectivity index (χ2v) is 16.5. The van der Waals surface area contributed by atoms with E-state index in [0.29, 0.717) is 42.0 Å². The summed E-state index contributed by atoms with van der Waals surface area (Å²) in [6.45, 7) is 14.2. The average Bonchev–Trinajstić information content (AvgIpc) is 3.02. The van der Waals surface area contributed by atoms with Gasteiger partial charge in [-0.15, -0.1) is 0 Å². The van der Waals surface area contributed by atoms with Crippen molar-refractivity contribution in [2.45, 2.75) is 81.7 Å². The zero-order chi connectivity index (χ0) is 31.1. The molecule has 0 aliphatic carbocycles. The van der Waals surface area contributed by atoms with Crippen molar-refractivity contribution in [2.24, 2.45) is 16.7 Å². The molecule has 0 bridgehead atoms. The highest BCUT2D eigenvalue weighted by molar-refractivity contribution is 5.10. The average molecular weight is 620 g/mol. The normalized spacial score (nSPS) is 40.3. The Morgan fingerprint density at radius 3 is 1.95 bits per heavy atom. The summed E-state index contributed by atoms with van der Waals surface area (Å²) in [7, 11) is 13.3. The minimum absolute atomic E-state index is 0.127. The van der Waals surface area contributed by atoms with Gasteiger partial charge in [-0.25, -0.2) is 4.39 Å². The molecule has 8 nitrogen and oxygen atoms in total. The second kappa shape index (κ2) is 14.0. The molecule has 0 radical (unpaired) electrons. The number of likely N-dealkylation sites (tertiary alicyclic amines) is 5. The minimum Gasteiger partial charge on any atom is -0.383 e. The molecule has 6 atom stereocenters. The Labute approximate surface area is 269 Å². The van der Waals surface area contributed by atoms with Crippen LogP contribution in [0.3, 0.4) is 0 Å². The fraction of sp³-hybridized carbons (Fsp3) is 1.00. The van der Waals surface area contributed by atoms with E-state index in [9.17, 15) is 0 Å². The molecule has 6 heterocycles. The van der Waals surface area contributed by atoms with Crippen LogP contribution in [0.4, 0.5) is 4.39 Å². The first-order valence-corrected chi connectivity index (χ1v) is 18.2. The quantitative estimate of drug-likeness (QED) is 0.449. The Morgan fingerprint density at radius 1 is 0.636 bits per heavy atom. The van der Waals surface area contributed by atoms with Gasteiger partial charge in [0.05, 0.1) is 6.61 Å². The van der Waals surface area contributed by atoms with E-state index in [0.717, 1.165) is 45.5 Å².